The van der Waals surface area contributed by atoms with Gasteiger partial charge in [-0.25, -0.2) is 4.98 Å². The maximum Gasteiger partial charge on any atom is 0.0950 e. The summed E-state index contributed by atoms with van der Waals surface area (Å²) in [4.78, 5) is 4.35. The van der Waals surface area contributed by atoms with E-state index in [0.717, 1.165) is 6.54 Å². The van der Waals surface area contributed by atoms with Crippen molar-refractivity contribution in [3.8, 4) is 0 Å². The molecule has 2 atom stereocenters. The molecule has 1 aliphatic heterocycles. The van der Waals surface area contributed by atoms with Gasteiger partial charge in [-0.15, -0.1) is 0 Å². The molecule has 0 bridgehead atoms. The van der Waals surface area contributed by atoms with Crippen LogP contribution < -0.4 is 5.32 Å². The zero-order chi connectivity index (χ0) is 13.2. The van der Waals surface area contributed by atoms with Gasteiger partial charge in [-0.3, -0.25) is 0 Å². The van der Waals surface area contributed by atoms with Crippen LogP contribution in [0.15, 0.2) is 42.9 Å². The zero-order valence-corrected chi connectivity index (χ0v) is 11.6. The van der Waals surface area contributed by atoms with Crippen molar-refractivity contribution in [3.05, 3.63) is 54.1 Å². The van der Waals surface area contributed by atoms with Gasteiger partial charge >= 0.3 is 0 Å². The molecule has 100 valence electrons. The third-order valence-electron chi connectivity index (χ3n) is 4.01. The number of nitrogens with one attached hydrogen (secondary N) is 1. The number of aromatic nitrogens is 2. The predicted molar refractivity (Wildman–Crippen MR) is 77.2 cm³/mol. The molecule has 1 aromatic carbocycles. The summed E-state index contributed by atoms with van der Waals surface area (Å²) in [5.74, 6) is 0.521. The maximum atomic E-state index is 4.35. The molecule has 0 radical (unpaired) electrons. The second-order valence-corrected chi connectivity index (χ2v) is 5.56. The molecular formula is C16H21N3. The van der Waals surface area contributed by atoms with E-state index in [0.29, 0.717) is 18.0 Å². The molecule has 1 aliphatic rings. The van der Waals surface area contributed by atoms with Crippen molar-refractivity contribution in [1.29, 1.82) is 0 Å². The molecule has 19 heavy (non-hydrogen) atoms. The zero-order valence-electron chi connectivity index (χ0n) is 11.6. The Morgan fingerprint density at radius 2 is 2.05 bits per heavy atom. The van der Waals surface area contributed by atoms with Crippen LogP contribution in [0, 0.1) is 0 Å². The van der Waals surface area contributed by atoms with E-state index in [-0.39, 0.29) is 0 Å². The first kappa shape index (κ1) is 12.4. The Bertz CT molecular complexity index is 530. The topological polar surface area (TPSA) is 29.9 Å². The second kappa shape index (κ2) is 5.17. The van der Waals surface area contributed by atoms with Gasteiger partial charge in [-0.1, -0.05) is 30.3 Å². The van der Waals surface area contributed by atoms with Crippen LogP contribution in [0.25, 0.3) is 0 Å². The van der Waals surface area contributed by atoms with E-state index in [9.17, 15) is 0 Å². The molecule has 2 heterocycles. The molecule has 3 heteroatoms. The van der Waals surface area contributed by atoms with Gasteiger partial charge in [0, 0.05) is 29.9 Å². The van der Waals surface area contributed by atoms with Crippen molar-refractivity contribution in [3.63, 3.8) is 0 Å². The first-order valence-electron chi connectivity index (χ1n) is 7.07. The van der Waals surface area contributed by atoms with Gasteiger partial charge in [-0.05, 0) is 32.4 Å². The van der Waals surface area contributed by atoms with E-state index in [1.54, 1.807) is 0 Å². The molecule has 0 aliphatic carbocycles. The van der Waals surface area contributed by atoms with Crippen LogP contribution in [0.2, 0.25) is 0 Å². The summed E-state index contributed by atoms with van der Waals surface area (Å²) in [6.07, 6.45) is 5.17. The van der Waals surface area contributed by atoms with Crippen molar-refractivity contribution < 1.29 is 0 Å². The Kier molecular flexibility index (Phi) is 3.38. The van der Waals surface area contributed by atoms with Crippen LogP contribution >= 0.6 is 0 Å². The Balaban J connectivity index is 1.93. The summed E-state index contributed by atoms with van der Waals surface area (Å²) in [5, 5.41) is 3.64. The first-order valence-corrected chi connectivity index (χ1v) is 7.07. The van der Waals surface area contributed by atoms with Gasteiger partial charge in [0.05, 0.1) is 6.33 Å². The van der Waals surface area contributed by atoms with E-state index in [1.807, 2.05) is 12.5 Å². The number of benzene rings is 1. The highest BCUT2D eigenvalue weighted by molar-refractivity contribution is 5.26. The fourth-order valence-corrected chi connectivity index (χ4v) is 3.07. The molecule has 2 unspecified atom stereocenters. The van der Waals surface area contributed by atoms with E-state index in [1.165, 1.54) is 17.7 Å². The van der Waals surface area contributed by atoms with E-state index >= 15 is 0 Å². The molecule has 1 saturated heterocycles. The van der Waals surface area contributed by atoms with E-state index in [4.69, 9.17) is 0 Å². The lowest BCUT2D eigenvalue weighted by molar-refractivity contribution is 0.502. The smallest absolute Gasteiger partial charge is 0.0950 e. The average Bonchev–Trinajstić information content (AvgIpc) is 3.08. The third-order valence-corrected chi connectivity index (χ3v) is 4.01. The van der Waals surface area contributed by atoms with Gasteiger partial charge in [0.15, 0.2) is 0 Å². The van der Waals surface area contributed by atoms with Crippen molar-refractivity contribution in [1.82, 2.24) is 14.9 Å². The molecule has 3 nitrogen and oxygen atoms in total. The maximum absolute atomic E-state index is 4.35. The van der Waals surface area contributed by atoms with Crippen LogP contribution in [0.4, 0.5) is 0 Å². The summed E-state index contributed by atoms with van der Waals surface area (Å²) < 4.78 is 2.30. The number of nitrogens with zero attached hydrogens (tertiary/aromatic N) is 2. The average molecular weight is 255 g/mol. The molecule has 0 spiro atoms. The number of hydrogen-bond acceptors (Lipinski definition) is 2. The first-order chi connectivity index (χ1) is 9.27. The summed E-state index contributed by atoms with van der Waals surface area (Å²) in [5.41, 5.74) is 2.73. The van der Waals surface area contributed by atoms with Gasteiger partial charge in [0.1, 0.15) is 0 Å². The largest absolute Gasteiger partial charge is 0.332 e. The summed E-state index contributed by atoms with van der Waals surface area (Å²) in [7, 11) is 0. The fraction of sp³-hybridized carbons (Fsp3) is 0.438. The van der Waals surface area contributed by atoms with Crippen LogP contribution in [-0.2, 0) is 0 Å². The fourth-order valence-electron chi connectivity index (χ4n) is 3.07. The van der Waals surface area contributed by atoms with E-state index < -0.39 is 0 Å². The minimum absolute atomic E-state index is 0.412. The van der Waals surface area contributed by atoms with Crippen molar-refractivity contribution in [2.75, 3.05) is 6.54 Å². The van der Waals surface area contributed by atoms with Crippen molar-refractivity contribution >= 4 is 0 Å². The summed E-state index contributed by atoms with van der Waals surface area (Å²) >= 11 is 0. The molecule has 1 N–H and O–H groups in total. The Morgan fingerprint density at radius 3 is 2.79 bits per heavy atom. The number of imidazole rings is 1. The highest BCUT2D eigenvalue weighted by Crippen LogP contribution is 2.38. The van der Waals surface area contributed by atoms with Crippen molar-refractivity contribution in [2.24, 2.45) is 0 Å². The van der Waals surface area contributed by atoms with Gasteiger partial charge in [0.25, 0.3) is 0 Å². The predicted octanol–water partition coefficient (Wildman–Crippen LogP) is 3.28. The third kappa shape index (κ3) is 2.30. The van der Waals surface area contributed by atoms with Crippen molar-refractivity contribution in [2.45, 2.75) is 38.3 Å². The second-order valence-electron chi connectivity index (χ2n) is 5.56. The molecule has 3 rings (SSSR count). The number of rotatable bonds is 3. The molecule has 0 saturated carbocycles. The van der Waals surface area contributed by atoms with Crippen LogP contribution in [0.5, 0.6) is 0 Å². The highest BCUT2D eigenvalue weighted by atomic mass is 15.1. The van der Waals surface area contributed by atoms with Gasteiger partial charge < -0.3 is 9.88 Å². The standard InChI is InChI=1S/C16H21N3/c1-12(2)19-11-17-10-15(19)14-8-9-18-16(14)13-6-4-3-5-7-13/h3-7,10-12,14,16,18H,8-9H2,1-2H3. The molecule has 1 fully saturated rings. The SMILES string of the molecule is CC(C)n1cncc1C1CCNC1c1ccccc1. The molecule has 0 amide bonds. The van der Waals surface area contributed by atoms with Crippen LogP contribution in [-0.4, -0.2) is 16.1 Å². The minimum atomic E-state index is 0.412. The minimum Gasteiger partial charge on any atom is -0.332 e. The lowest BCUT2D eigenvalue weighted by atomic mass is 9.91. The summed E-state index contributed by atoms with van der Waals surface area (Å²) in [6.45, 7) is 5.50. The Labute approximate surface area is 114 Å². The van der Waals surface area contributed by atoms with Gasteiger partial charge in [-0.2, -0.15) is 0 Å². The molecule has 2 aromatic rings. The monoisotopic (exact) mass is 255 g/mol. The highest BCUT2D eigenvalue weighted by Gasteiger charge is 2.31. The molecule has 1 aromatic heterocycles. The lowest BCUT2D eigenvalue weighted by Gasteiger charge is -2.22. The van der Waals surface area contributed by atoms with E-state index in [2.05, 4.69) is 59.0 Å². The quantitative estimate of drug-likeness (QED) is 0.912. The summed E-state index contributed by atoms with van der Waals surface area (Å²) in [6, 6.07) is 11.6. The lowest BCUT2D eigenvalue weighted by Crippen LogP contribution is -2.19. The molecular weight excluding hydrogens is 234 g/mol. The Hall–Kier alpha value is -1.61. The van der Waals surface area contributed by atoms with Crippen LogP contribution in [0.1, 0.15) is 49.5 Å². The normalized spacial score (nSPS) is 23.1. The Morgan fingerprint density at radius 1 is 1.26 bits per heavy atom. The van der Waals surface area contributed by atoms with Crippen LogP contribution in [0.3, 0.4) is 0 Å². The number of hydrogen-bond donors (Lipinski definition) is 1. The van der Waals surface area contributed by atoms with Gasteiger partial charge in [0.2, 0.25) is 0 Å².